The summed E-state index contributed by atoms with van der Waals surface area (Å²) in [4.78, 5) is 9.35. The van der Waals surface area contributed by atoms with Gasteiger partial charge < -0.3 is 10.3 Å². The zero-order valence-electron chi connectivity index (χ0n) is 10.3. The second-order valence-electron chi connectivity index (χ2n) is 5.15. The van der Waals surface area contributed by atoms with E-state index in [4.69, 9.17) is 10.3 Å². The molecule has 0 bridgehead atoms. The average Bonchev–Trinajstić information content (AvgIpc) is 3.00. The van der Waals surface area contributed by atoms with Crippen LogP contribution in [0, 0.1) is 5.92 Å². The van der Waals surface area contributed by atoms with Crippen LogP contribution < -0.4 is 5.73 Å². The highest BCUT2D eigenvalue weighted by Gasteiger charge is 2.37. The Kier molecular flexibility index (Phi) is 2.91. The number of rotatable bonds is 2. The Morgan fingerprint density at radius 3 is 3.17 bits per heavy atom. The Bertz CT molecular complexity index is 524. The molecule has 1 saturated carbocycles. The molecule has 2 atom stereocenters. The lowest BCUT2D eigenvalue weighted by molar-refractivity contribution is 0.222. The summed E-state index contributed by atoms with van der Waals surface area (Å²) in [6, 6.07) is 0. The van der Waals surface area contributed by atoms with Crippen molar-refractivity contribution in [3.8, 4) is 10.8 Å². The van der Waals surface area contributed by atoms with E-state index in [1.807, 2.05) is 0 Å². The van der Waals surface area contributed by atoms with Gasteiger partial charge in [0.2, 0.25) is 0 Å². The number of aromatic nitrogens is 3. The van der Waals surface area contributed by atoms with Crippen LogP contribution >= 0.6 is 11.3 Å². The topological polar surface area (TPSA) is 77.8 Å². The van der Waals surface area contributed by atoms with Crippen molar-refractivity contribution in [1.82, 2.24) is 15.1 Å². The van der Waals surface area contributed by atoms with Crippen LogP contribution in [0.25, 0.3) is 10.8 Å². The van der Waals surface area contributed by atoms with Crippen molar-refractivity contribution in [3.63, 3.8) is 0 Å². The van der Waals surface area contributed by atoms with Gasteiger partial charge in [0.15, 0.2) is 5.82 Å². The third-order valence-corrected chi connectivity index (χ3v) is 4.31. The maximum absolute atomic E-state index is 6.44. The van der Waals surface area contributed by atoms with Gasteiger partial charge in [-0.15, -0.1) is 11.3 Å². The summed E-state index contributed by atoms with van der Waals surface area (Å²) in [5.74, 6) is 1.78. The van der Waals surface area contributed by atoms with Gasteiger partial charge in [-0.05, 0) is 18.8 Å². The van der Waals surface area contributed by atoms with Crippen LogP contribution in [0.2, 0.25) is 0 Å². The molecule has 3 rings (SSSR count). The standard InChI is InChI=1S/C12H16N4OS/c1-8-3-2-4-12(13,5-8)11-15-10(17-16-11)9-6-14-7-18-9/h6-8H,2-5,13H2,1H3. The molecule has 1 fully saturated rings. The highest BCUT2D eigenvalue weighted by Crippen LogP contribution is 2.37. The van der Waals surface area contributed by atoms with E-state index in [1.165, 1.54) is 17.8 Å². The number of nitrogens with two attached hydrogens (primary N) is 1. The first-order valence-electron chi connectivity index (χ1n) is 6.19. The van der Waals surface area contributed by atoms with Crippen molar-refractivity contribution in [2.24, 2.45) is 11.7 Å². The summed E-state index contributed by atoms with van der Waals surface area (Å²) < 4.78 is 5.29. The van der Waals surface area contributed by atoms with Crippen LogP contribution in [-0.4, -0.2) is 15.1 Å². The fraction of sp³-hybridized carbons (Fsp3) is 0.583. The van der Waals surface area contributed by atoms with Gasteiger partial charge in [0, 0.05) is 0 Å². The lowest BCUT2D eigenvalue weighted by atomic mass is 9.76. The van der Waals surface area contributed by atoms with E-state index in [9.17, 15) is 0 Å². The molecule has 0 radical (unpaired) electrons. The van der Waals surface area contributed by atoms with Crippen LogP contribution in [0.3, 0.4) is 0 Å². The first-order valence-corrected chi connectivity index (χ1v) is 7.07. The van der Waals surface area contributed by atoms with Gasteiger partial charge in [0.1, 0.15) is 4.88 Å². The largest absolute Gasteiger partial charge is 0.333 e. The minimum absolute atomic E-state index is 0.426. The van der Waals surface area contributed by atoms with E-state index in [0.717, 1.165) is 24.1 Å². The average molecular weight is 264 g/mol. The number of hydrogen-bond acceptors (Lipinski definition) is 6. The van der Waals surface area contributed by atoms with Crippen molar-refractivity contribution < 1.29 is 4.52 Å². The molecule has 6 heteroatoms. The fourth-order valence-electron chi connectivity index (χ4n) is 2.64. The normalized spacial score (nSPS) is 28.4. The van der Waals surface area contributed by atoms with E-state index in [-0.39, 0.29) is 0 Å². The zero-order valence-corrected chi connectivity index (χ0v) is 11.1. The van der Waals surface area contributed by atoms with E-state index >= 15 is 0 Å². The van der Waals surface area contributed by atoms with Crippen LogP contribution in [0.15, 0.2) is 16.2 Å². The summed E-state index contributed by atoms with van der Waals surface area (Å²) in [5, 5.41) is 4.07. The van der Waals surface area contributed by atoms with Gasteiger partial charge in [0.05, 0.1) is 17.2 Å². The van der Waals surface area contributed by atoms with Crippen LogP contribution in [0.5, 0.6) is 0 Å². The van der Waals surface area contributed by atoms with E-state index in [1.54, 1.807) is 11.7 Å². The smallest absolute Gasteiger partial charge is 0.269 e. The van der Waals surface area contributed by atoms with Crippen molar-refractivity contribution in [3.05, 3.63) is 17.5 Å². The van der Waals surface area contributed by atoms with Gasteiger partial charge >= 0.3 is 0 Å². The molecule has 0 aromatic carbocycles. The summed E-state index contributed by atoms with van der Waals surface area (Å²) in [6.07, 6.45) is 5.95. The van der Waals surface area contributed by atoms with Gasteiger partial charge in [0.25, 0.3) is 5.89 Å². The lowest BCUT2D eigenvalue weighted by Crippen LogP contribution is -2.42. The summed E-state index contributed by atoms with van der Waals surface area (Å²) in [6.45, 7) is 2.23. The first kappa shape index (κ1) is 11.8. The van der Waals surface area contributed by atoms with Crippen LogP contribution in [-0.2, 0) is 5.54 Å². The Hall–Kier alpha value is -1.27. The molecule has 0 aliphatic heterocycles. The Morgan fingerprint density at radius 2 is 2.44 bits per heavy atom. The fourth-order valence-corrected chi connectivity index (χ4v) is 3.18. The number of thiazole rings is 1. The van der Waals surface area contributed by atoms with Crippen molar-refractivity contribution in [1.29, 1.82) is 0 Å². The quantitative estimate of drug-likeness (QED) is 0.901. The minimum atomic E-state index is -0.426. The predicted octanol–water partition coefficient (Wildman–Crippen LogP) is 2.56. The lowest BCUT2D eigenvalue weighted by Gasteiger charge is -2.33. The highest BCUT2D eigenvalue weighted by molar-refractivity contribution is 7.13. The molecule has 96 valence electrons. The van der Waals surface area contributed by atoms with E-state index in [2.05, 4.69) is 22.0 Å². The van der Waals surface area contributed by atoms with Crippen molar-refractivity contribution in [2.45, 2.75) is 38.1 Å². The third-order valence-electron chi connectivity index (χ3n) is 3.55. The highest BCUT2D eigenvalue weighted by atomic mass is 32.1. The van der Waals surface area contributed by atoms with E-state index < -0.39 is 5.54 Å². The molecule has 1 aliphatic carbocycles. The summed E-state index contributed by atoms with van der Waals surface area (Å²) in [7, 11) is 0. The maximum atomic E-state index is 6.44. The van der Waals surface area contributed by atoms with Gasteiger partial charge in [-0.1, -0.05) is 24.9 Å². The SMILES string of the molecule is CC1CCCC(N)(c2noc(-c3cncs3)n2)C1. The van der Waals surface area contributed by atoms with Crippen molar-refractivity contribution in [2.75, 3.05) is 0 Å². The number of hydrogen-bond donors (Lipinski definition) is 1. The second kappa shape index (κ2) is 4.44. The summed E-state index contributed by atoms with van der Waals surface area (Å²) >= 11 is 1.49. The van der Waals surface area contributed by atoms with E-state index in [0.29, 0.717) is 17.6 Å². The molecule has 0 amide bonds. The minimum Gasteiger partial charge on any atom is -0.333 e. The maximum Gasteiger partial charge on any atom is 0.269 e. The molecule has 5 nitrogen and oxygen atoms in total. The molecule has 2 unspecified atom stereocenters. The molecule has 0 saturated heterocycles. The molecular weight excluding hydrogens is 248 g/mol. The molecule has 2 N–H and O–H groups in total. The molecule has 1 aliphatic rings. The van der Waals surface area contributed by atoms with Gasteiger partial charge in [-0.3, -0.25) is 4.98 Å². The second-order valence-corrected chi connectivity index (χ2v) is 6.03. The number of nitrogens with zero attached hydrogens (tertiary/aromatic N) is 3. The molecule has 18 heavy (non-hydrogen) atoms. The Morgan fingerprint density at radius 1 is 1.56 bits per heavy atom. The molecule has 2 aromatic rings. The first-order chi connectivity index (χ1) is 8.67. The van der Waals surface area contributed by atoms with Crippen LogP contribution in [0.4, 0.5) is 0 Å². The van der Waals surface area contributed by atoms with Crippen LogP contribution in [0.1, 0.15) is 38.4 Å². The van der Waals surface area contributed by atoms with Gasteiger partial charge in [-0.25, -0.2) is 0 Å². The Balaban J connectivity index is 1.88. The zero-order chi connectivity index (χ0) is 12.6. The molecular formula is C12H16N4OS. The van der Waals surface area contributed by atoms with Crippen molar-refractivity contribution >= 4 is 11.3 Å². The summed E-state index contributed by atoms with van der Waals surface area (Å²) in [5.41, 5.74) is 7.76. The molecule has 2 heterocycles. The third kappa shape index (κ3) is 2.06. The predicted molar refractivity (Wildman–Crippen MR) is 68.9 cm³/mol. The Labute approximate surface area is 109 Å². The van der Waals surface area contributed by atoms with Gasteiger partial charge in [-0.2, -0.15) is 4.98 Å². The monoisotopic (exact) mass is 264 g/mol. The molecule has 2 aromatic heterocycles. The molecule has 0 spiro atoms.